The Bertz CT molecular complexity index is 1640. The molecule has 324 valence electrons. The van der Waals surface area contributed by atoms with Crippen molar-refractivity contribution in [2.45, 2.75) is 206 Å². The number of ether oxygens (including phenoxy) is 3. The van der Waals surface area contributed by atoms with E-state index < -0.39 is 32.7 Å². The molecule has 1 N–H and O–H groups in total. The molecule has 10 nitrogen and oxygen atoms in total. The summed E-state index contributed by atoms with van der Waals surface area (Å²) < 4.78 is 46.5. The van der Waals surface area contributed by atoms with Gasteiger partial charge in [-0.05, 0) is 180 Å². The van der Waals surface area contributed by atoms with Gasteiger partial charge < -0.3 is 19.3 Å². The molecule has 0 spiro atoms. The number of rotatable bonds is 9. The molecule has 0 aromatic rings. The molecular formula is C46H74O10S. The molecule has 10 bridgehead atoms. The zero-order chi connectivity index (χ0) is 41.7. The van der Waals surface area contributed by atoms with E-state index in [9.17, 15) is 27.9 Å². The van der Waals surface area contributed by atoms with Gasteiger partial charge in [0.05, 0.1) is 27.1 Å². The van der Waals surface area contributed by atoms with Crippen LogP contribution in [0.2, 0.25) is 0 Å². The second kappa shape index (κ2) is 14.7. The van der Waals surface area contributed by atoms with Gasteiger partial charge >= 0.3 is 17.9 Å². The molecule has 0 aromatic heterocycles. The van der Waals surface area contributed by atoms with Crippen LogP contribution in [0.15, 0.2) is 0 Å². The van der Waals surface area contributed by atoms with Crippen LogP contribution in [0.4, 0.5) is 0 Å². The second-order valence-electron chi connectivity index (χ2n) is 22.7. The standard InChI is InChI=1S/C17H28O2.C16H26O3.C13H20O5S/c1-5-16(2,3)15(18)19-17(4)13-7-11-6-12(9-13)10-14(17)8-11;1-4-14(2,3)13(17)19-16-8-11-5-12(9-16)7-15(18,6-11)10-16;1-4-13(2,3)12(14)17-10-7-5-8-9(6-7)19(15,16)18-11(8)10/h11-14H,5-10H2,1-4H3;11-12,18H,4-10H2,1-3H3;7-11H,4-6H2,1-3H3. The maximum absolute atomic E-state index is 12.5. The summed E-state index contributed by atoms with van der Waals surface area (Å²) in [5, 5.41) is 10.3. The molecular weight excluding hydrogens is 745 g/mol. The molecule has 1 aliphatic heterocycles. The summed E-state index contributed by atoms with van der Waals surface area (Å²) in [4.78, 5) is 37.0. The molecule has 10 saturated carbocycles. The van der Waals surface area contributed by atoms with Crippen molar-refractivity contribution in [3.8, 4) is 0 Å². The summed E-state index contributed by atoms with van der Waals surface area (Å²) in [6.45, 7) is 19.9. The highest BCUT2D eigenvalue weighted by molar-refractivity contribution is 7.87. The molecule has 57 heavy (non-hydrogen) atoms. The van der Waals surface area contributed by atoms with Gasteiger partial charge in [-0.3, -0.25) is 18.6 Å². The first-order valence-electron chi connectivity index (χ1n) is 22.7. The monoisotopic (exact) mass is 819 g/mol. The van der Waals surface area contributed by atoms with E-state index in [1.807, 2.05) is 55.4 Å². The van der Waals surface area contributed by atoms with Gasteiger partial charge in [-0.15, -0.1) is 0 Å². The molecule has 10 aliphatic carbocycles. The summed E-state index contributed by atoms with van der Waals surface area (Å²) in [7, 11) is -3.43. The number of carbonyl (C=O) groups is 3. The van der Waals surface area contributed by atoms with Crippen molar-refractivity contribution in [3.63, 3.8) is 0 Å². The Labute approximate surface area is 343 Å². The van der Waals surface area contributed by atoms with Gasteiger partial charge in [0.15, 0.2) is 0 Å². The Morgan fingerprint density at radius 2 is 1.14 bits per heavy atom. The van der Waals surface area contributed by atoms with Crippen molar-refractivity contribution in [1.29, 1.82) is 0 Å². The van der Waals surface area contributed by atoms with Crippen molar-refractivity contribution in [2.75, 3.05) is 0 Å². The Morgan fingerprint density at radius 3 is 1.63 bits per heavy atom. The Morgan fingerprint density at radius 1 is 0.667 bits per heavy atom. The highest BCUT2D eigenvalue weighted by atomic mass is 32.2. The quantitative estimate of drug-likeness (QED) is 0.136. The normalized spacial score (nSPS) is 43.8. The zero-order valence-corrected chi connectivity index (χ0v) is 37.5. The number of carbonyl (C=O) groups excluding carboxylic acids is 3. The average Bonchev–Trinajstić information content (AvgIpc) is 3.74. The van der Waals surface area contributed by atoms with E-state index in [1.165, 1.54) is 38.5 Å². The van der Waals surface area contributed by atoms with Crippen LogP contribution < -0.4 is 0 Å². The van der Waals surface area contributed by atoms with Gasteiger partial charge in [0.1, 0.15) is 23.4 Å². The largest absolute Gasteiger partial charge is 0.459 e. The van der Waals surface area contributed by atoms with E-state index in [2.05, 4.69) is 13.8 Å². The minimum Gasteiger partial charge on any atom is -0.459 e. The van der Waals surface area contributed by atoms with E-state index in [4.69, 9.17) is 18.4 Å². The maximum Gasteiger partial charge on any atom is 0.312 e. The van der Waals surface area contributed by atoms with Gasteiger partial charge in [0.25, 0.3) is 10.1 Å². The van der Waals surface area contributed by atoms with Crippen LogP contribution >= 0.6 is 0 Å². The van der Waals surface area contributed by atoms with Gasteiger partial charge in [-0.1, -0.05) is 20.8 Å². The van der Waals surface area contributed by atoms with E-state index in [-0.39, 0.29) is 57.7 Å². The van der Waals surface area contributed by atoms with Gasteiger partial charge in [0.2, 0.25) is 0 Å². The highest BCUT2D eigenvalue weighted by Gasteiger charge is 2.66. The number of esters is 3. The van der Waals surface area contributed by atoms with Crippen LogP contribution in [0.5, 0.6) is 0 Å². The third kappa shape index (κ3) is 7.99. The smallest absolute Gasteiger partial charge is 0.312 e. The predicted molar refractivity (Wildman–Crippen MR) is 216 cm³/mol. The summed E-state index contributed by atoms with van der Waals surface area (Å²) in [6.07, 6.45) is 15.2. The Balaban J connectivity index is 0.000000131. The van der Waals surface area contributed by atoms with E-state index in [0.717, 1.165) is 56.8 Å². The third-order valence-electron chi connectivity index (χ3n) is 17.3. The number of fused-ring (bicyclic) bond motifs is 1. The van der Waals surface area contributed by atoms with Crippen LogP contribution in [-0.2, 0) is 42.9 Å². The minimum atomic E-state index is -3.43. The SMILES string of the molecule is CCC(C)(C)C(=O)OC1(C)C2CC3CC(C2)CC1C3.CCC(C)(C)C(=O)OC12CC3CC(CC(O)(C3)C1)C2.CCC(C)(C)C(=O)OC1C2CC3C1OS(=O)(=O)C3C2. The Kier molecular flexibility index (Phi) is 11.2. The van der Waals surface area contributed by atoms with Gasteiger partial charge in [-0.25, -0.2) is 0 Å². The molecule has 0 aromatic carbocycles. The third-order valence-corrected chi connectivity index (χ3v) is 19.1. The lowest BCUT2D eigenvalue weighted by atomic mass is 9.50. The zero-order valence-electron chi connectivity index (χ0n) is 36.7. The lowest BCUT2D eigenvalue weighted by molar-refractivity contribution is -0.225. The molecule has 11 rings (SSSR count). The van der Waals surface area contributed by atoms with Crippen LogP contribution in [0.1, 0.15) is 172 Å². The molecule has 1 heterocycles. The maximum atomic E-state index is 12.5. The average molecular weight is 819 g/mol. The fourth-order valence-electron chi connectivity index (χ4n) is 13.0. The lowest BCUT2D eigenvalue weighted by Gasteiger charge is -2.59. The van der Waals surface area contributed by atoms with Crippen molar-refractivity contribution < 1.29 is 46.3 Å². The molecule has 0 amide bonds. The topological polar surface area (TPSA) is 142 Å². The summed E-state index contributed by atoms with van der Waals surface area (Å²) >= 11 is 0. The van der Waals surface area contributed by atoms with Crippen molar-refractivity contribution in [2.24, 2.45) is 63.6 Å². The predicted octanol–water partition coefficient (Wildman–Crippen LogP) is 8.70. The van der Waals surface area contributed by atoms with Gasteiger partial charge in [-0.2, -0.15) is 8.42 Å². The number of hydrogen-bond donors (Lipinski definition) is 1. The van der Waals surface area contributed by atoms with Crippen LogP contribution in [0, 0.1) is 63.6 Å². The lowest BCUT2D eigenvalue weighted by Crippen LogP contribution is -2.61. The van der Waals surface area contributed by atoms with Gasteiger partial charge in [0, 0.05) is 18.3 Å². The molecule has 1 saturated heterocycles. The fourth-order valence-corrected chi connectivity index (χ4v) is 14.9. The molecule has 11 heteroatoms. The second-order valence-corrected chi connectivity index (χ2v) is 24.5. The molecule has 11 aliphatic rings. The summed E-state index contributed by atoms with van der Waals surface area (Å²) in [5.74, 6) is 4.07. The van der Waals surface area contributed by atoms with Crippen molar-refractivity contribution in [1.82, 2.24) is 0 Å². The summed E-state index contributed by atoms with van der Waals surface area (Å²) in [5.41, 5.74) is -2.36. The number of hydrogen-bond acceptors (Lipinski definition) is 10. The first kappa shape index (κ1) is 43.4. The van der Waals surface area contributed by atoms with Crippen LogP contribution in [-0.4, -0.2) is 65.7 Å². The van der Waals surface area contributed by atoms with E-state index >= 15 is 0 Å². The molecule has 0 radical (unpaired) electrons. The highest BCUT2D eigenvalue weighted by Crippen LogP contribution is 2.61. The number of aliphatic hydroxyl groups is 1. The molecule has 7 unspecified atom stereocenters. The van der Waals surface area contributed by atoms with E-state index in [1.54, 1.807) is 0 Å². The van der Waals surface area contributed by atoms with E-state index in [0.29, 0.717) is 42.9 Å². The first-order chi connectivity index (χ1) is 26.4. The molecule has 11 fully saturated rings. The van der Waals surface area contributed by atoms with Crippen LogP contribution in [0.3, 0.4) is 0 Å². The first-order valence-corrected chi connectivity index (χ1v) is 24.2. The molecule has 7 atom stereocenters. The van der Waals surface area contributed by atoms with Crippen LogP contribution in [0.25, 0.3) is 0 Å². The van der Waals surface area contributed by atoms with Crippen molar-refractivity contribution in [3.05, 3.63) is 0 Å². The fraction of sp³-hybridized carbons (Fsp3) is 0.935. The Hall–Kier alpha value is -1.72. The van der Waals surface area contributed by atoms with Crippen molar-refractivity contribution >= 4 is 28.0 Å². The summed E-state index contributed by atoms with van der Waals surface area (Å²) in [6, 6.07) is 0. The minimum absolute atomic E-state index is 0.0185.